The second-order valence-electron chi connectivity index (χ2n) is 7.66. The van der Waals surface area contributed by atoms with Gasteiger partial charge in [-0.1, -0.05) is 48.5 Å². The van der Waals surface area contributed by atoms with E-state index in [-0.39, 0.29) is 25.6 Å². The molecule has 2 aromatic rings. The van der Waals surface area contributed by atoms with Gasteiger partial charge in [0.25, 0.3) is 0 Å². The van der Waals surface area contributed by atoms with E-state index in [1.165, 1.54) is 18.9 Å². The number of carboxylic acid groups (broad SMARTS) is 1. The SMILES string of the molecule is COC[C@H](NC(=O)OCC1c2ccccc2-c2ccccc21)C(=O)NC(CCSC)C(=O)O. The molecule has 3 rings (SSSR count). The van der Waals surface area contributed by atoms with Crippen molar-refractivity contribution in [3.05, 3.63) is 59.7 Å². The van der Waals surface area contributed by atoms with E-state index in [1.807, 2.05) is 54.8 Å². The van der Waals surface area contributed by atoms with Crippen molar-refractivity contribution in [2.75, 3.05) is 32.3 Å². The van der Waals surface area contributed by atoms with Gasteiger partial charge < -0.3 is 25.2 Å². The third-order valence-corrected chi connectivity index (χ3v) is 6.15. The molecule has 0 aromatic heterocycles. The fourth-order valence-electron chi connectivity index (χ4n) is 3.90. The standard InChI is InChI=1S/C24H28N2O6S/c1-31-14-21(22(27)25-20(23(28)29)11-12-33-2)26-24(30)32-13-19-17-9-5-3-7-15(17)16-8-4-6-10-18(16)19/h3-10,19-21H,11-14H2,1-2H3,(H,25,27)(H,26,30)(H,28,29)/t20?,21-/m0/s1. The van der Waals surface area contributed by atoms with Crippen LogP contribution in [-0.2, 0) is 19.1 Å². The number of fused-ring (bicyclic) bond motifs is 3. The maximum absolute atomic E-state index is 12.6. The van der Waals surface area contributed by atoms with Gasteiger partial charge in [0.05, 0.1) is 6.61 Å². The Hall–Kier alpha value is -3.04. The van der Waals surface area contributed by atoms with Crippen LogP contribution in [-0.4, -0.2) is 67.5 Å². The molecule has 0 heterocycles. The Morgan fingerprint density at radius 3 is 2.15 bits per heavy atom. The molecule has 2 aromatic carbocycles. The van der Waals surface area contributed by atoms with Gasteiger partial charge in [-0.05, 0) is 40.7 Å². The topological polar surface area (TPSA) is 114 Å². The zero-order valence-corrected chi connectivity index (χ0v) is 19.4. The van der Waals surface area contributed by atoms with E-state index in [1.54, 1.807) is 0 Å². The fourth-order valence-corrected chi connectivity index (χ4v) is 4.37. The Labute approximate surface area is 197 Å². The van der Waals surface area contributed by atoms with Crippen molar-refractivity contribution in [3.63, 3.8) is 0 Å². The van der Waals surface area contributed by atoms with E-state index >= 15 is 0 Å². The predicted molar refractivity (Wildman–Crippen MR) is 126 cm³/mol. The molecule has 176 valence electrons. The molecule has 0 bridgehead atoms. The number of methoxy groups -OCH3 is 1. The molecule has 1 unspecified atom stereocenters. The minimum atomic E-state index is -1.13. The Kier molecular flexibility index (Phi) is 8.73. The number of carboxylic acids is 1. The monoisotopic (exact) mass is 472 g/mol. The van der Waals surface area contributed by atoms with Crippen LogP contribution in [0.3, 0.4) is 0 Å². The van der Waals surface area contributed by atoms with Crippen LogP contribution in [0.25, 0.3) is 11.1 Å². The summed E-state index contributed by atoms with van der Waals surface area (Å²) in [6, 6.07) is 13.8. The summed E-state index contributed by atoms with van der Waals surface area (Å²) in [5.41, 5.74) is 4.39. The van der Waals surface area contributed by atoms with Crippen LogP contribution in [0.2, 0.25) is 0 Å². The fraction of sp³-hybridized carbons (Fsp3) is 0.375. The van der Waals surface area contributed by atoms with Crippen molar-refractivity contribution in [2.45, 2.75) is 24.4 Å². The maximum atomic E-state index is 12.6. The Morgan fingerprint density at radius 1 is 1.00 bits per heavy atom. The van der Waals surface area contributed by atoms with Crippen molar-refractivity contribution in [1.82, 2.24) is 10.6 Å². The number of rotatable bonds is 11. The first-order valence-electron chi connectivity index (χ1n) is 10.6. The molecule has 0 aliphatic heterocycles. The largest absolute Gasteiger partial charge is 0.480 e. The van der Waals surface area contributed by atoms with Crippen LogP contribution in [0.15, 0.2) is 48.5 Å². The lowest BCUT2D eigenvalue weighted by molar-refractivity contribution is -0.142. The third-order valence-electron chi connectivity index (χ3n) is 5.51. The number of amides is 2. The quantitative estimate of drug-likeness (QED) is 0.461. The van der Waals surface area contributed by atoms with Crippen LogP contribution >= 0.6 is 11.8 Å². The number of carbonyl (C=O) groups is 3. The summed E-state index contributed by atoms with van der Waals surface area (Å²) < 4.78 is 10.5. The highest BCUT2D eigenvalue weighted by molar-refractivity contribution is 7.98. The third kappa shape index (κ3) is 6.06. The van der Waals surface area contributed by atoms with Gasteiger partial charge in [-0.3, -0.25) is 4.79 Å². The number of alkyl carbamates (subject to hydrolysis) is 1. The Bertz CT molecular complexity index is 953. The first kappa shape index (κ1) is 24.6. The Balaban J connectivity index is 1.62. The summed E-state index contributed by atoms with van der Waals surface area (Å²) in [4.78, 5) is 36.5. The number of aliphatic carboxylic acids is 1. The molecule has 0 fully saturated rings. The number of carbonyl (C=O) groups excluding carboxylic acids is 2. The molecule has 2 atom stereocenters. The van der Waals surface area contributed by atoms with Gasteiger partial charge in [0.15, 0.2) is 0 Å². The summed E-state index contributed by atoms with van der Waals surface area (Å²) in [7, 11) is 1.39. The van der Waals surface area contributed by atoms with Gasteiger partial charge in [-0.2, -0.15) is 11.8 Å². The first-order chi connectivity index (χ1) is 16.0. The predicted octanol–water partition coefficient (Wildman–Crippen LogP) is 2.86. The summed E-state index contributed by atoms with van der Waals surface area (Å²) in [5, 5.41) is 14.3. The molecule has 0 saturated carbocycles. The van der Waals surface area contributed by atoms with E-state index in [9.17, 15) is 19.5 Å². The summed E-state index contributed by atoms with van der Waals surface area (Å²) in [6.07, 6.45) is 1.35. The zero-order valence-electron chi connectivity index (χ0n) is 18.6. The molecule has 1 aliphatic rings. The minimum absolute atomic E-state index is 0.104. The highest BCUT2D eigenvalue weighted by Crippen LogP contribution is 2.44. The van der Waals surface area contributed by atoms with E-state index in [2.05, 4.69) is 10.6 Å². The summed E-state index contributed by atoms with van der Waals surface area (Å²) in [6.45, 7) is -0.0163. The van der Waals surface area contributed by atoms with Gasteiger partial charge >= 0.3 is 12.1 Å². The molecular weight excluding hydrogens is 444 g/mol. The molecule has 3 N–H and O–H groups in total. The van der Waals surface area contributed by atoms with Crippen molar-refractivity contribution in [3.8, 4) is 11.1 Å². The van der Waals surface area contributed by atoms with E-state index in [0.717, 1.165) is 22.3 Å². The zero-order chi connectivity index (χ0) is 23.8. The van der Waals surface area contributed by atoms with Crippen molar-refractivity contribution in [2.24, 2.45) is 0 Å². The molecular formula is C24H28N2O6S. The highest BCUT2D eigenvalue weighted by atomic mass is 32.2. The number of hydrogen-bond donors (Lipinski definition) is 3. The summed E-state index contributed by atoms with van der Waals surface area (Å²) >= 11 is 1.48. The maximum Gasteiger partial charge on any atom is 0.407 e. The normalized spacial score (nSPS) is 14.0. The number of ether oxygens (including phenoxy) is 2. The average molecular weight is 473 g/mol. The molecule has 0 spiro atoms. The van der Waals surface area contributed by atoms with Crippen molar-refractivity contribution < 1.29 is 29.0 Å². The molecule has 2 amide bonds. The van der Waals surface area contributed by atoms with Gasteiger partial charge in [0, 0.05) is 13.0 Å². The Morgan fingerprint density at radius 2 is 1.61 bits per heavy atom. The number of benzene rings is 2. The molecule has 1 aliphatic carbocycles. The van der Waals surface area contributed by atoms with E-state index in [4.69, 9.17) is 9.47 Å². The minimum Gasteiger partial charge on any atom is -0.480 e. The number of thioether (sulfide) groups is 1. The van der Waals surface area contributed by atoms with Crippen LogP contribution < -0.4 is 10.6 Å². The molecule has 8 nitrogen and oxygen atoms in total. The lowest BCUT2D eigenvalue weighted by atomic mass is 9.98. The second kappa shape index (κ2) is 11.7. The van der Waals surface area contributed by atoms with Crippen LogP contribution in [0.4, 0.5) is 4.79 Å². The molecule has 9 heteroatoms. The lowest BCUT2D eigenvalue weighted by Gasteiger charge is -2.21. The van der Waals surface area contributed by atoms with E-state index in [0.29, 0.717) is 5.75 Å². The summed E-state index contributed by atoms with van der Waals surface area (Å²) in [5.74, 6) is -1.30. The van der Waals surface area contributed by atoms with Crippen LogP contribution in [0.5, 0.6) is 0 Å². The molecule has 33 heavy (non-hydrogen) atoms. The number of nitrogens with one attached hydrogen (secondary N) is 2. The molecule has 0 saturated heterocycles. The number of hydrogen-bond acceptors (Lipinski definition) is 6. The highest BCUT2D eigenvalue weighted by Gasteiger charge is 2.30. The van der Waals surface area contributed by atoms with Gasteiger partial charge in [-0.15, -0.1) is 0 Å². The molecule has 0 radical (unpaired) electrons. The van der Waals surface area contributed by atoms with E-state index < -0.39 is 30.1 Å². The first-order valence-corrected chi connectivity index (χ1v) is 12.0. The van der Waals surface area contributed by atoms with Crippen molar-refractivity contribution in [1.29, 1.82) is 0 Å². The van der Waals surface area contributed by atoms with Crippen molar-refractivity contribution >= 4 is 29.7 Å². The van der Waals surface area contributed by atoms with Gasteiger partial charge in [-0.25, -0.2) is 9.59 Å². The van der Waals surface area contributed by atoms with Gasteiger partial charge in [0.1, 0.15) is 18.7 Å². The second-order valence-corrected chi connectivity index (χ2v) is 8.64. The lowest BCUT2D eigenvalue weighted by Crippen LogP contribution is -2.53. The van der Waals surface area contributed by atoms with Crippen LogP contribution in [0.1, 0.15) is 23.5 Å². The smallest absolute Gasteiger partial charge is 0.407 e. The average Bonchev–Trinajstić information content (AvgIpc) is 3.13. The van der Waals surface area contributed by atoms with Gasteiger partial charge in [0.2, 0.25) is 5.91 Å². The van der Waals surface area contributed by atoms with Crippen LogP contribution in [0, 0.1) is 0 Å².